The monoisotopic (exact) mass is 463 g/mol. The molecule has 2 aromatic rings. The van der Waals surface area contributed by atoms with Crippen LogP contribution in [-0.4, -0.2) is 63.5 Å². The summed E-state index contributed by atoms with van der Waals surface area (Å²) in [5.74, 6) is -3.11. The van der Waals surface area contributed by atoms with Crippen LogP contribution in [0.25, 0.3) is 0 Å². The van der Waals surface area contributed by atoms with Crippen molar-refractivity contribution in [2.24, 2.45) is 0 Å². The normalized spacial score (nSPS) is 23.9. The molecule has 0 unspecified atom stereocenters. The zero-order valence-electron chi connectivity index (χ0n) is 16.3. The second-order valence-corrected chi connectivity index (χ2v) is 8.25. The van der Waals surface area contributed by atoms with E-state index in [1.54, 1.807) is 23.6 Å². The van der Waals surface area contributed by atoms with Crippen molar-refractivity contribution < 1.29 is 36.9 Å². The van der Waals surface area contributed by atoms with Gasteiger partial charge >= 0.3 is 12.1 Å². The third-order valence-electron chi connectivity index (χ3n) is 4.88. The fraction of sp³-hybridized carbons (Fsp3) is 0.526. The van der Waals surface area contributed by atoms with Crippen molar-refractivity contribution >= 4 is 17.3 Å². The molecule has 0 bridgehead atoms. The van der Waals surface area contributed by atoms with Crippen LogP contribution in [-0.2, 0) is 16.1 Å². The molecule has 170 valence electrons. The van der Waals surface area contributed by atoms with Crippen LogP contribution >= 0.6 is 11.3 Å². The molecule has 12 heteroatoms. The Morgan fingerprint density at radius 3 is 2.81 bits per heavy atom. The number of aromatic nitrogens is 2. The fourth-order valence-corrected chi connectivity index (χ4v) is 4.28. The van der Waals surface area contributed by atoms with E-state index in [-0.39, 0.29) is 17.6 Å². The number of rotatable bonds is 4. The van der Waals surface area contributed by atoms with Crippen LogP contribution in [0.1, 0.15) is 24.3 Å². The first-order chi connectivity index (χ1) is 14.7. The zero-order chi connectivity index (χ0) is 22.5. The number of hydrogen-bond acceptors (Lipinski definition) is 7. The van der Waals surface area contributed by atoms with Gasteiger partial charge in [-0.15, -0.1) is 11.3 Å². The van der Waals surface area contributed by atoms with E-state index in [1.165, 1.54) is 6.07 Å². The summed E-state index contributed by atoms with van der Waals surface area (Å²) in [6.07, 6.45) is 1.05. The number of ether oxygens (including phenoxy) is 2. The van der Waals surface area contributed by atoms with E-state index in [0.29, 0.717) is 6.61 Å². The van der Waals surface area contributed by atoms with E-state index < -0.39 is 18.0 Å². The molecule has 0 radical (unpaired) electrons. The molecule has 2 fully saturated rings. The molecule has 0 saturated carbocycles. The number of carbonyl (C=O) groups is 1. The molecule has 2 saturated heterocycles. The average molecular weight is 463 g/mol. The number of piperidine rings is 1. The molecule has 2 atom stereocenters. The molecular weight excluding hydrogens is 442 g/mol. The Balaban J connectivity index is 0.000000339. The van der Waals surface area contributed by atoms with Gasteiger partial charge in [0.2, 0.25) is 0 Å². The lowest BCUT2D eigenvalue weighted by Gasteiger charge is -2.39. The van der Waals surface area contributed by atoms with E-state index in [4.69, 9.17) is 19.4 Å². The van der Waals surface area contributed by atoms with Gasteiger partial charge in [0.15, 0.2) is 5.82 Å². The number of alkyl halides is 3. The molecule has 4 heterocycles. The second-order valence-electron chi connectivity index (χ2n) is 7.27. The Kier molecular flexibility index (Phi) is 7.44. The standard InChI is InChI=1S/C17H20FN3O2S.C2HF3O2/c18-14-3-1-5-20-16(14)23-13-9-17(22-11-13)4-2-7-21(12-17)10-15-19-6-8-24-15;3-2(4,5)1(6)7/h1,3,5-6,8,13H,2,4,7,9-12H2;(H,6,7)/t13-,17+;/m1./s1. The van der Waals surface area contributed by atoms with Gasteiger partial charge < -0.3 is 14.6 Å². The predicted molar refractivity (Wildman–Crippen MR) is 102 cm³/mol. The highest BCUT2D eigenvalue weighted by atomic mass is 32.1. The first kappa shape index (κ1) is 23.4. The summed E-state index contributed by atoms with van der Waals surface area (Å²) in [6, 6.07) is 2.93. The van der Waals surface area contributed by atoms with Crippen molar-refractivity contribution in [3.8, 4) is 5.88 Å². The molecular formula is C19H21F4N3O4S. The van der Waals surface area contributed by atoms with Gasteiger partial charge in [-0.1, -0.05) is 0 Å². The van der Waals surface area contributed by atoms with Crippen LogP contribution in [0.5, 0.6) is 5.88 Å². The number of nitrogens with zero attached hydrogens (tertiary/aromatic N) is 3. The number of hydrogen-bond donors (Lipinski definition) is 1. The number of likely N-dealkylation sites (tertiary alicyclic amines) is 1. The van der Waals surface area contributed by atoms with Crippen LogP contribution in [0.4, 0.5) is 17.6 Å². The summed E-state index contributed by atoms with van der Waals surface area (Å²) in [4.78, 5) is 19.6. The van der Waals surface area contributed by atoms with Crippen LogP contribution in [0.15, 0.2) is 29.9 Å². The van der Waals surface area contributed by atoms with Gasteiger partial charge in [-0.3, -0.25) is 4.90 Å². The SMILES string of the molecule is Fc1cccnc1O[C@H]1CO[C@@]2(CCCN(Cc3nccs3)C2)C1.O=C(O)C(F)(F)F. The molecule has 31 heavy (non-hydrogen) atoms. The van der Waals surface area contributed by atoms with Gasteiger partial charge in [0.1, 0.15) is 11.1 Å². The van der Waals surface area contributed by atoms with E-state index in [2.05, 4.69) is 14.9 Å². The lowest BCUT2D eigenvalue weighted by molar-refractivity contribution is -0.192. The average Bonchev–Trinajstić information content (AvgIpc) is 3.34. The molecule has 0 aromatic carbocycles. The molecule has 1 spiro atoms. The Labute approximate surface area is 179 Å². The second kappa shape index (κ2) is 9.88. The summed E-state index contributed by atoms with van der Waals surface area (Å²) in [7, 11) is 0. The number of carboxylic acid groups (broad SMARTS) is 1. The van der Waals surface area contributed by atoms with Crippen molar-refractivity contribution in [3.63, 3.8) is 0 Å². The molecule has 7 nitrogen and oxygen atoms in total. The molecule has 0 aliphatic carbocycles. The Hall–Kier alpha value is -2.31. The number of aliphatic carboxylic acids is 1. The summed E-state index contributed by atoms with van der Waals surface area (Å²) >= 11 is 1.68. The predicted octanol–water partition coefficient (Wildman–Crippen LogP) is 3.51. The fourth-order valence-electron chi connectivity index (χ4n) is 3.63. The van der Waals surface area contributed by atoms with Crippen LogP contribution in [0.2, 0.25) is 0 Å². The van der Waals surface area contributed by atoms with Crippen LogP contribution in [0, 0.1) is 5.82 Å². The van der Waals surface area contributed by atoms with Gasteiger partial charge in [-0.05, 0) is 31.5 Å². The number of pyridine rings is 1. The summed E-state index contributed by atoms with van der Waals surface area (Å²) in [5, 5.41) is 10.3. The summed E-state index contributed by atoms with van der Waals surface area (Å²) < 4.78 is 57.3. The maximum atomic E-state index is 13.7. The lowest BCUT2D eigenvalue weighted by Crippen LogP contribution is -2.47. The first-order valence-electron chi connectivity index (χ1n) is 9.49. The molecule has 2 aromatic heterocycles. The van der Waals surface area contributed by atoms with Gasteiger partial charge in [0, 0.05) is 30.7 Å². The van der Waals surface area contributed by atoms with Crippen molar-refractivity contribution in [1.82, 2.24) is 14.9 Å². The highest BCUT2D eigenvalue weighted by Gasteiger charge is 2.44. The van der Waals surface area contributed by atoms with Crippen molar-refractivity contribution in [2.45, 2.75) is 43.7 Å². The van der Waals surface area contributed by atoms with Gasteiger partial charge in [-0.2, -0.15) is 13.2 Å². The van der Waals surface area contributed by atoms with E-state index in [9.17, 15) is 17.6 Å². The van der Waals surface area contributed by atoms with Gasteiger partial charge in [0.25, 0.3) is 5.88 Å². The summed E-state index contributed by atoms with van der Waals surface area (Å²) in [6.45, 7) is 3.28. The number of carboxylic acids is 1. The largest absolute Gasteiger partial charge is 0.490 e. The molecule has 2 aliphatic rings. The van der Waals surface area contributed by atoms with Gasteiger partial charge in [0.05, 0.1) is 18.8 Å². The number of thiazole rings is 1. The Morgan fingerprint density at radius 1 is 1.39 bits per heavy atom. The third kappa shape index (κ3) is 6.58. The van der Waals surface area contributed by atoms with E-state index in [1.807, 2.05) is 11.6 Å². The smallest absolute Gasteiger partial charge is 0.475 e. The van der Waals surface area contributed by atoms with E-state index in [0.717, 1.165) is 43.9 Å². The van der Waals surface area contributed by atoms with Gasteiger partial charge in [-0.25, -0.2) is 19.2 Å². The topological polar surface area (TPSA) is 84.8 Å². The van der Waals surface area contributed by atoms with E-state index >= 15 is 0 Å². The highest BCUT2D eigenvalue weighted by molar-refractivity contribution is 7.09. The minimum Gasteiger partial charge on any atom is -0.475 e. The minimum atomic E-state index is -5.08. The lowest BCUT2D eigenvalue weighted by atomic mass is 9.89. The van der Waals surface area contributed by atoms with Crippen molar-refractivity contribution in [2.75, 3.05) is 19.7 Å². The Morgan fingerprint density at radius 2 is 2.16 bits per heavy atom. The number of halogens is 4. The maximum Gasteiger partial charge on any atom is 0.490 e. The zero-order valence-corrected chi connectivity index (χ0v) is 17.2. The quantitative estimate of drug-likeness (QED) is 0.695. The molecule has 4 rings (SSSR count). The minimum absolute atomic E-state index is 0.0681. The third-order valence-corrected chi connectivity index (χ3v) is 5.65. The molecule has 1 N–H and O–H groups in total. The Bertz CT molecular complexity index is 868. The first-order valence-corrected chi connectivity index (χ1v) is 10.4. The van der Waals surface area contributed by atoms with Crippen molar-refractivity contribution in [1.29, 1.82) is 0 Å². The van der Waals surface area contributed by atoms with Crippen LogP contribution in [0.3, 0.4) is 0 Å². The highest BCUT2D eigenvalue weighted by Crippen LogP contribution is 2.36. The van der Waals surface area contributed by atoms with Crippen molar-refractivity contribution in [3.05, 3.63) is 40.7 Å². The summed E-state index contributed by atoms with van der Waals surface area (Å²) in [5.41, 5.74) is -0.189. The molecule has 2 aliphatic heterocycles. The molecule has 0 amide bonds. The van der Waals surface area contributed by atoms with Crippen LogP contribution < -0.4 is 4.74 Å². The maximum absolute atomic E-state index is 13.7.